The molecule has 0 saturated heterocycles. The second-order valence-corrected chi connectivity index (χ2v) is 5.79. The van der Waals surface area contributed by atoms with Gasteiger partial charge in [0.05, 0.1) is 10.6 Å². The summed E-state index contributed by atoms with van der Waals surface area (Å²) in [6.45, 7) is 0. The van der Waals surface area contributed by atoms with Crippen molar-refractivity contribution in [1.29, 1.82) is 0 Å². The number of H-pyrrole nitrogens is 1. The molecule has 0 radical (unpaired) electrons. The molecule has 6 heteroatoms. The van der Waals surface area contributed by atoms with Gasteiger partial charge in [-0.3, -0.25) is 4.79 Å². The zero-order valence-corrected chi connectivity index (χ0v) is 12.7. The molecule has 2 nitrogen and oxygen atoms in total. The van der Waals surface area contributed by atoms with Crippen molar-refractivity contribution in [2.75, 3.05) is 0 Å². The van der Waals surface area contributed by atoms with Crippen molar-refractivity contribution in [1.82, 2.24) is 4.98 Å². The fourth-order valence-corrected chi connectivity index (χ4v) is 2.64. The topological polar surface area (TPSA) is 32.9 Å². The fourth-order valence-electron chi connectivity index (χ4n) is 2.13. The quantitative estimate of drug-likeness (QED) is 0.494. The minimum atomic E-state index is -0.849. The Morgan fingerprint density at radius 3 is 2.62 bits per heavy atom. The van der Waals surface area contributed by atoms with Crippen molar-refractivity contribution >= 4 is 44.2 Å². The minimum absolute atomic E-state index is 0.276. The maximum absolute atomic E-state index is 13.8. The first-order valence-electron chi connectivity index (χ1n) is 5.93. The first-order chi connectivity index (χ1) is 9.97. The van der Waals surface area contributed by atoms with Gasteiger partial charge < -0.3 is 4.98 Å². The molecular formula is C15H7BrClF2NO. The summed E-state index contributed by atoms with van der Waals surface area (Å²) in [7, 11) is 0. The maximum atomic E-state index is 13.8. The SMILES string of the molecule is O=C(c1cc(F)c(Cl)cc1F)c1c[nH]c2cc(Br)ccc12. The van der Waals surface area contributed by atoms with E-state index < -0.39 is 17.4 Å². The lowest BCUT2D eigenvalue weighted by Gasteiger charge is -2.03. The molecule has 0 aliphatic heterocycles. The van der Waals surface area contributed by atoms with Crippen molar-refractivity contribution < 1.29 is 13.6 Å². The lowest BCUT2D eigenvalue weighted by atomic mass is 10.0. The second-order valence-electron chi connectivity index (χ2n) is 4.47. The number of nitrogens with one attached hydrogen (secondary N) is 1. The number of ketones is 1. The Hall–Kier alpha value is -1.72. The molecule has 2 aromatic carbocycles. The second kappa shape index (κ2) is 5.24. The zero-order chi connectivity index (χ0) is 15.1. The van der Waals surface area contributed by atoms with Crippen LogP contribution in [0.2, 0.25) is 5.02 Å². The van der Waals surface area contributed by atoms with Gasteiger partial charge in [-0.2, -0.15) is 0 Å². The van der Waals surface area contributed by atoms with E-state index in [1.165, 1.54) is 6.20 Å². The van der Waals surface area contributed by atoms with Crippen molar-refractivity contribution in [2.24, 2.45) is 0 Å². The van der Waals surface area contributed by atoms with E-state index in [1.807, 2.05) is 0 Å². The van der Waals surface area contributed by atoms with Crippen LogP contribution in [0, 0.1) is 11.6 Å². The summed E-state index contributed by atoms with van der Waals surface area (Å²) in [5, 5.41) is 0.282. The molecule has 21 heavy (non-hydrogen) atoms. The van der Waals surface area contributed by atoms with Crippen LogP contribution in [0.5, 0.6) is 0 Å². The molecule has 0 atom stereocenters. The van der Waals surface area contributed by atoms with Gasteiger partial charge in [-0.1, -0.05) is 33.6 Å². The highest BCUT2D eigenvalue weighted by molar-refractivity contribution is 9.10. The number of benzene rings is 2. The highest BCUT2D eigenvalue weighted by atomic mass is 79.9. The average Bonchev–Trinajstić information content (AvgIpc) is 2.85. The Kier molecular flexibility index (Phi) is 3.55. The first-order valence-corrected chi connectivity index (χ1v) is 7.10. The van der Waals surface area contributed by atoms with E-state index >= 15 is 0 Å². The van der Waals surface area contributed by atoms with Crippen LogP contribution in [0.3, 0.4) is 0 Å². The van der Waals surface area contributed by atoms with Gasteiger partial charge in [0.1, 0.15) is 11.6 Å². The van der Waals surface area contributed by atoms with Gasteiger partial charge in [-0.15, -0.1) is 0 Å². The third kappa shape index (κ3) is 2.47. The molecule has 0 bridgehead atoms. The lowest BCUT2D eigenvalue weighted by Crippen LogP contribution is -2.04. The standard InChI is InChI=1S/C15H7BrClF2NO/c16-7-1-2-8-10(6-20-14(8)3-7)15(21)9-4-13(19)11(17)5-12(9)18/h1-6,20H. The molecular weight excluding hydrogens is 364 g/mol. The largest absolute Gasteiger partial charge is 0.360 e. The number of aromatic amines is 1. The predicted molar refractivity (Wildman–Crippen MR) is 80.8 cm³/mol. The predicted octanol–water partition coefficient (Wildman–Crippen LogP) is 5.09. The first kappa shape index (κ1) is 14.2. The number of hydrogen-bond donors (Lipinski definition) is 1. The monoisotopic (exact) mass is 369 g/mol. The molecule has 1 N–H and O–H groups in total. The molecule has 0 spiro atoms. The number of aromatic nitrogens is 1. The number of hydrogen-bond acceptors (Lipinski definition) is 1. The molecule has 1 aromatic heterocycles. The molecule has 0 aliphatic rings. The van der Waals surface area contributed by atoms with E-state index in [4.69, 9.17) is 11.6 Å². The maximum Gasteiger partial charge on any atom is 0.198 e. The lowest BCUT2D eigenvalue weighted by molar-refractivity contribution is 0.103. The molecule has 0 fully saturated rings. The van der Waals surface area contributed by atoms with Crippen molar-refractivity contribution in [3.05, 3.63) is 68.8 Å². The van der Waals surface area contributed by atoms with Crippen molar-refractivity contribution in [2.45, 2.75) is 0 Å². The molecule has 0 aliphatic carbocycles. The van der Waals surface area contributed by atoms with Crippen LogP contribution in [-0.4, -0.2) is 10.8 Å². The van der Waals surface area contributed by atoms with Crippen LogP contribution < -0.4 is 0 Å². The van der Waals surface area contributed by atoms with E-state index in [0.29, 0.717) is 5.39 Å². The molecule has 1 heterocycles. The van der Waals surface area contributed by atoms with Crippen LogP contribution in [-0.2, 0) is 0 Å². The van der Waals surface area contributed by atoms with Gasteiger partial charge in [-0.05, 0) is 24.3 Å². The van der Waals surface area contributed by atoms with E-state index in [1.54, 1.807) is 18.2 Å². The molecule has 3 rings (SSSR count). The van der Waals surface area contributed by atoms with Gasteiger partial charge in [0, 0.05) is 27.1 Å². The normalized spacial score (nSPS) is 11.0. The van der Waals surface area contributed by atoms with Crippen molar-refractivity contribution in [3.63, 3.8) is 0 Å². The third-order valence-corrected chi connectivity index (χ3v) is 3.93. The summed E-state index contributed by atoms with van der Waals surface area (Å²) in [5.41, 5.74) is 0.654. The van der Waals surface area contributed by atoms with Gasteiger partial charge in [0.25, 0.3) is 0 Å². The Morgan fingerprint density at radius 2 is 1.86 bits per heavy atom. The Labute approximate surface area is 131 Å². The Balaban J connectivity index is 2.15. The van der Waals surface area contributed by atoms with Gasteiger partial charge >= 0.3 is 0 Å². The number of rotatable bonds is 2. The van der Waals surface area contributed by atoms with Gasteiger partial charge in [-0.25, -0.2) is 8.78 Å². The fraction of sp³-hybridized carbons (Fsp3) is 0. The molecule has 106 valence electrons. The van der Waals surface area contributed by atoms with E-state index in [9.17, 15) is 13.6 Å². The van der Waals surface area contributed by atoms with Crippen LogP contribution in [0.1, 0.15) is 15.9 Å². The Morgan fingerprint density at radius 1 is 1.10 bits per heavy atom. The van der Waals surface area contributed by atoms with Gasteiger partial charge in [0.2, 0.25) is 0 Å². The Bertz CT molecular complexity index is 875. The van der Waals surface area contributed by atoms with E-state index in [2.05, 4.69) is 20.9 Å². The molecule has 0 saturated carbocycles. The van der Waals surface area contributed by atoms with E-state index in [0.717, 1.165) is 22.1 Å². The van der Waals surface area contributed by atoms with Gasteiger partial charge in [0.15, 0.2) is 5.78 Å². The van der Waals surface area contributed by atoms with Crippen molar-refractivity contribution in [3.8, 4) is 0 Å². The summed E-state index contributed by atoms with van der Waals surface area (Å²) in [5.74, 6) is -2.28. The zero-order valence-electron chi connectivity index (χ0n) is 10.4. The number of carbonyl (C=O) groups excluding carboxylic acids is 1. The number of carbonyl (C=O) groups is 1. The highest BCUT2D eigenvalue weighted by Gasteiger charge is 2.20. The summed E-state index contributed by atoms with van der Waals surface area (Å²) >= 11 is 8.81. The van der Waals surface area contributed by atoms with Crippen LogP contribution in [0.4, 0.5) is 8.78 Å². The summed E-state index contributed by atoms with van der Waals surface area (Å²) in [4.78, 5) is 15.3. The molecule has 3 aromatic rings. The minimum Gasteiger partial charge on any atom is -0.360 e. The number of fused-ring (bicyclic) bond motifs is 1. The number of halogens is 4. The van der Waals surface area contributed by atoms with E-state index in [-0.39, 0.29) is 16.1 Å². The average molecular weight is 371 g/mol. The van der Waals surface area contributed by atoms with Crippen LogP contribution in [0.15, 0.2) is 41.0 Å². The van der Waals surface area contributed by atoms with Crippen LogP contribution >= 0.6 is 27.5 Å². The summed E-state index contributed by atoms with van der Waals surface area (Å²) in [6.07, 6.45) is 1.48. The molecule has 0 amide bonds. The highest BCUT2D eigenvalue weighted by Crippen LogP contribution is 2.26. The third-order valence-electron chi connectivity index (χ3n) is 3.14. The smallest absolute Gasteiger partial charge is 0.198 e. The molecule has 0 unspecified atom stereocenters. The summed E-state index contributed by atoms with van der Waals surface area (Å²) in [6, 6.07) is 6.91. The summed E-state index contributed by atoms with van der Waals surface area (Å²) < 4.78 is 28.2. The van der Waals surface area contributed by atoms with Crippen LogP contribution in [0.25, 0.3) is 10.9 Å².